The van der Waals surface area contributed by atoms with Crippen LogP contribution < -0.4 is 10.6 Å². The molecule has 2 amide bonds. The maximum absolute atomic E-state index is 11.9. The molecule has 3 unspecified atom stereocenters. The molecule has 1 aliphatic carbocycles. The number of thioether (sulfide) groups is 1. The molecule has 7 nitrogen and oxygen atoms in total. The highest BCUT2D eigenvalue weighted by atomic mass is 32.2. The number of aliphatic carboxylic acids is 1. The predicted molar refractivity (Wildman–Crippen MR) is 82.4 cm³/mol. The molecule has 1 rings (SSSR count). The third kappa shape index (κ3) is 6.56. The number of rotatable bonds is 7. The summed E-state index contributed by atoms with van der Waals surface area (Å²) in [7, 11) is -3.26. The maximum Gasteiger partial charge on any atom is 0.326 e. The smallest absolute Gasteiger partial charge is 0.326 e. The summed E-state index contributed by atoms with van der Waals surface area (Å²) in [6, 6.07) is -1.72. The first-order valence-electron chi connectivity index (χ1n) is 6.73. The summed E-state index contributed by atoms with van der Waals surface area (Å²) in [4.78, 5) is 22.9. The Morgan fingerprint density at radius 1 is 1.38 bits per heavy atom. The number of carbonyl (C=O) groups excluding carboxylic acids is 1. The molecular weight excluding hydrogens is 316 g/mol. The Kier molecular flexibility index (Phi) is 6.79. The van der Waals surface area contributed by atoms with Gasteiger partial charge in [-0.1, -0.05) is 6.42 Å². The Hall–Kier alpha value is -0.960. The van der Waals surface area contributed by atoms with Crippen LogP contribution in [0.4, 0.5) is 4.79 Å². The van der Waals surface area contributed by atoms with E-state index >= 15 is 0 Å². The van der Waals surface area contributed by atoms with Crippen LogP contribution in [0, 0.1) is 0 Å². The SMILES string of the molecule is CSC1CCCC1NC(=O)NC(CCS(C)(=O)=O)C(=O)O. The fraction of sp³-hybridized carbons (Fsp3) is 0.833. The van der Waals surface area contributed by atoms with Gasteiger partial charge in [0.05, 0.1) is 5.75 Å². The van der Waals surface area contributed by atoms with Gasteiger partial charge in [0.15, 0.2) is 0 Å². The van der Waals surface area contributed by atoms with Crippen molar-refractivity contribution in [2.24, 2.45) is 0 Å². The van der Waals surface area contributed by atoms with Crippen LogP contribution in [0.25, 0.3) is 0 Å². The second-order valence-electron chi connectivity index (χ2n) is 5.24. The fourth-order valence-electron chi connectivity index (χ4n) is 2.33. The molecule has 0 heterocycles. The molecule has 9 heteroatoms. The maximum atomic E-state index is 11.9. The lowest BCUT2D eigenvalue weighted by molar-refractivity contribution is -0.139. The molecule has 0 aromatic carbocycles. The van der Waals surface area contributed by atoms with E-state index in [9.17, 15) is 18.0 Å². The first-order valence-corrected chi connectivity index (χ1v) is 10.1. The molecule has 122 valence electrons. The number of carboxylic acid groups (broad SMARTS) is 1. The number of urea groups is 1. The summed E-state index contributed by atoms with van der Waals surface area (Å²) in [5.41, 5.74) is 0. The number of carbonyl (C=O) groups is 2. The molecule has 1 saturated carbocycles. The third-order valence-electron chi connectivity index (χ3n) is 3.45. The van der Waals surface area contributed by atoms with Gasteiger partial charge < -0.3 is 15.7 Å². The van der Waals surface area contributed by atoms with Crippen molar-refractivity contribution >= 4 is 33.6 Å². The largest absolute Gasteiger partial charge is 0.480 e. The van der Waals surface area contributed by atoms with Gasteiger partial charge in [0.2, 0.25) is 0 Å². The molecule has 0 aromatic rings. The van der Waals surface area contributed by atoms with Crippen LogP contribution in [0.5, 0.6) is 0 Å². The van der Waals surface area contributed by atoms with Crippen molar-refractivity contribution < 1.29 is 23.1 Å². The molecule has 3 atom stereocenters. The van der Waals surface area contributed by atoms with E-state index in [1.807, 2.05) is 6.26 Å². The fourth-order valence-corrected chi connectivity index (χ4v) is 3.93. The van der Waals surface area contributed by atoms with Gasteiger partial charge in [-0.25, -0.2) is 18.0 Å². The van der Waals surface area contributed by atoms with Gasteiger partial charge in [0.1, 0.15) is 15.9 Å². The number of carboxylic acids is 1. The minimum absolute atomic E-state index is 0.0318. The first-order chi connectivity index (χ1) is 9.73. The van der Waals surface area contributed by atoms with Crippen molar-refractivity contribution in [2.45, 2.75) is 43.0 Å². The molecule has 21 heavy (non-hydrogen) atoms. The Morgan fingerprint density at radius 2 is 2.05 bits per heavy atom. The summed E-state index contributed by atoms with van der Waals surface area (Å²) in [5, 5.41) is 14.5. The summed E-state index contributed by atoms with van der Waals surface area (Å²) in [5.74, 6) is -1.51. The van der Waals surface area contributed by atoms with Crippen LogP contribution >= 0.6 is 11.8 Å². The van der Waals surface area contributed by atoms with Gasteiger partial charge >= 0.3 is 12.0 Å². The van der Waals surface area contributed by atoms with E-state index in [0.717, 1.165) is 25.5 Å². The lowest BCUT2D eigenvalue weighted by Crippen LogP contribution is -2.50. The Morgan fingerprint density at radius 3 is 2.57 bits per heavy atom. The van der Waals surface area contributed by atoms with Gasteiger partial charge in [-0.15, -0.1) is 0 Å². The first kappa shape index (κ1) is 18.1. The highest BCUT2D eigenvalue weighted by Gasteiger charge is 2.29. The van der Waals surface area contributed by atoms with Crippen LogP contribution in [0.2, 0.25) is 0 Å². The van der Waals surface area contributed by atoms with Crippen molar-refractivity contribution in [1.82, 2.24) is 10.6 Å². The molecule has 0 bridgehead atoms. The molecule has 0 saturated heterocycles. The van der Waals surface area contributed by atoms with Crippen molar-refractivity contribution in [3.63, 3.8) is 0 Å². The monoisotopic (exact) mass is 338 g/mol. The van der Waals surface area contributed by atoms with Crippen molar-refractivity contribution in [3.8, 4) is 0 Å². The topological polar surface area (TPSA) is 113 Å². The zero-order chi connectivity index (χ0) is 16.0. The molecule has 0 spiro atoms. The van der Waals surface area contributed by atoms with Crippen molar-refractivity contribution in [2.75, 3.05) is 18.3 Å². The van der Waals surface area contributed by atoms with Crippen LogP contribution in [0.3, 0.4) is 0 Å². The van der Waals surface area contributed by atoms with E-state index in [1.54, 1.807) is 11.8 Å². The van der Waals surface area contributed by atoms with Gasteiger partial charge in [-0.05, 0) is 25.5 Å². The molecule has 3 N–H and O–H groups in total. The third-order valence-corrected chi connectivity index (χ3v) is 5.60. The lowest BCUT2D eigenvalue weighted by Gasteiger charge is -2.21. The van der Waals surface area contributed by atoms with Gasteiger partial charge in [0, 0.05) is 17.5 Å². The zero-order valence-electron chi connectivity index (χ0n) is 12.2. The zero-order valence-corrected chi connectivity index (χ0v) is 13.8. The average molecular weight is 338 g/mol. The Labute approximate surface area is 129 Å². The highest BCUT2D eigenvalue weighted by Crippen LogP contribution is 2.28. The number of hydrogen-bond acceptors (Lipinski definition) is 5. The van der Waals surface area contributed by atoms with E-state index < -0.39 is 27.9 Å². The molecule has 0 aliphatic heterocycles. The number of sulfone groups is 1. The Balaban J connectivity index is 2.50. The summed E-state index contributed by atoms with van der Waals surface area (Å²) in [6.07, 6.45) is 5.82. The van der Waals surface area contributed by atoms with Crippen LogP contribution in [-0.2, 0) is 14.6 Å². The van der Waals surface area contributed by atoms with Gasteiger partial charge in [-0.2, -0.15) is 11.8 Å². The predicted octanol–water partition coefficient (Wildman–Crippen LogP) is 0.458. The van der Waals surface area contributed by atoms with Crippen LogP contribution in [0.15, 0.2) is 0 Å². The van der Waals surface area contributed by atoms with E-state index in [-0.39, 0.29) is 18.2 Å². The molecule has 1 aliphatic rings. The van der Waals surface area contributed by atoms with Crippen molar-refractivity contribution in [1.29, 1.82) is 0 Å². The van der Waals surface area contributed by atoms with E-state index in [4.69, 9.17) is 5.11 Å². The Bertz CT molecular complexity index is 480. The molecule has 0 aromatic heterocycles. The molecule has 0 radical (unpaired) electrons. The standard InChI is InChI=1S/C12H22N2O5S2/c1-20-10-5-3-4-8(10)13-12(17)14-9(11(15)16)6-7-21(2,18)19/h8-10H,3-7H2,1-2H3,(H,15,16)(H2,13,14,17). The summed E-state index contributed by atoms with van der Waals surface area (Å²) >= 11 is 1.68. The second-order valence-corrected chi connectivity index (χ2v) is 8.58. The minimum atomic E-state index is -3.26. The van der Waals surface area contributed by atoms with Gasteiger partial charge in [0.25, 0.3) is 0 Å². The minimum Gasteiger partial charge on any atom is -0.480 e. The molecular formula is C12H22N2O5S2. The number of nitrogens with one attached hydrogen (secondary N) is 2. The number of hydrogen-bond donors (Lipinski definition) is 3. The normalized spacial score (nSPS) is 23.5. The summed E-state index contributed by atoms with van der Waals surface area (Å²) in [6.45, 7) is 0. The summed E-state index contributed by atoms with van der Waals surface area (Å²) < 4.78 is 22.2. The highest BCUT2D eigenvalue weighted by molar-refractivity contribution is 7.99. The molecule has 1 fully saturated rings. The second kappa shape index (κ2) is 7.88. The van der Waals surface area contributed by atoms with Crippen LogP contribution in [0.1, 0.15) is 25.7 Å². The average Bonchev–Trinajstić information content (AvgIpc) is 2.80. The van der Waals surface area contributed by atoms with E-state index in [1.165, 1.54) is 0 Å². The van der Waals surface area contributed by atoms with Crippen LogP contribution in [-0.4, -0.2) is 61.1 Å². The van der Waals surface area contributed by atoms with Crippen molar-refractivity contribution in [3.05, 3.63) is 0 Å². The number of amides is 2. The van der Waals surface area contributed by atoms with Gasteiger partial charge in [-0.3, -0.25) is 0 Å². The quantitative estimate of drug-likeness (QED) is 0.621. The van der Waals surface area contributed by atoms with E-state index in [0.29, 0.717) is 5.25 Å². The lowest BCUT2D eigenvalue weighted by atomic mass is 10.2. The van der Waals surface area contributed by atoms with E-state index in [2.05, 4.69) is 10.6 Å².